The zero-order valence-electron chi connectivity index (χ0n) is 20.5. The lowest BCUT2D eigenvalue weighted by Crippen LogP contribution is -2.35. The number of carbonyl (C=O) groups excluding carboxylic acids is 1. The monoisotopic (exact) mass is 544 g/mol. The number of nitrogens with zero attached hydrogens (tertiary/aromatic N) is 3. The van der Waals surface area contributed by atoms with Gasteiger partial charge in [-0.3, -0.25) is 9.69 Å². The predicted molar refractivity (Wildman–Crippen MR) is 149 cm³/mol. The van der Waals surface area contributed by atoms with Crippen LogP contribution in [0.15, 0.2) is 36.5 Å². The van der Waals surface area contributed by atoms with Crippen molar-refractivity contribution in [3.05, 3.63) is 62.1 Å². The standard InChI is InChI=1S/C27H33ClN4O2S2/c28-22-5-3-20(4-6-22)17-29-25(33)15-21-18-32(10-9-30-7-1-2-8-30)27-24(26(21)35)16-23(36-27)19-31-11-13-34-14-12-31/h3-6,16,18H,1-2,7-15,17,19H2,(H,29,33). The lowest BCUT2D eigenvalue weighted by Gasteiger charge is -2.25. The fourth-order valence-electron chi connectivity index (χ4n) is 4.93. The summed E-state index contributed by atoms with van der Waals surface area (Å²) in [7, 11) is 0. The van der Waals surface area contributed by atoms with Crippen LogP contribution in [0.4, 0.5) is 0 Å². The fourth-order valence-corrected chi connectivity index (χ4v) is 6.60. The van der Waals surface area contributed by atoms with E-state index < -0.39 is 0 Å². The van der Waals surface area contributed by atoms with E-state index in [1.807, 2.05) is 35.6 Å². The van der Waals surface area contributed by atoms with Crippen molar-refractivity contribution in [1.29, 1.82) is 0 Å². The van der Waals surface area contributed by atoms with Crippen LogP contribution >= 0.6 is 35.2 Å². The number of hydrogen-bond donors (Lipinski definition) is 1. The van der Waals surface area contributed by atoms with Crippen LogP contribution in [0, 0.1) is 4.51 Å². The average Bonchev–Trinajstić information content (AvgIpc) is 3.56. The molecule has 0 aliphatic carbocycles. The first-order valence-corrected chi connectivity index (χ1v) is 14.3. The van der Waals surface area contributed by atoms with E-state index in [9.17, 15) is 4.79 Å². The summed E-state index contributed by atoms with van der Waals surface area (Å²) in [5.41, 5.74) is 1.94. The summed E-state index contributed by atoms with van der Waals surface area (Å²) in [4.78, 5) is 20.4. The molecule has 0 unspecified atom stereocenters. The first kappa shape index (κ1) is 25.8. The Morgan fingerprint density at radius 3 is 2.56 bits per heavy atom. The molecular formula is C27H33ClN4O2S2. The number of halogens is 1. The van der Waals surface area contributed by atoms with E-state index in [1.54, 1.807) is 0 Å². The zero-order chi connectivity index (χ0) is 24.9. The molecule has 2 aromatic heterocycles. The van der Waals surface area contributed by atoms with Crippen LogP contribution in [0.1, 0.15) is 28.8 Å². The number of pyridine rings is 1. The van der Waals surface area contributed by atoms with Gasteiger partial charge in [0.25, 0.3) is 0 Å². The van der Waals surface area contributed by atoms with Gasteiger partial charge in [0.2, 0.25) is 5.91 Å². The average molecular weight is 545 g/mol. The normalized spacial score (nSPS) is 17.1. The van der Waals surface area contributed by atoms with Gasteiger partial charge in [0, 0.05) is 60.8 Å². The van der Waals surface area contributed by atoms with Crippen LogP contribution in [-0.4, -0.2) is 66.2 Å². The Morgan fingerprint density at radius 1 is 1.06 bits per heavy atom. The van der Waals surface area contributed by atoms with E-state index in [2.05, 4.69) is 31.9 Å². The number of nitrogens with one attached hydrogen (secondary N) is 1. The van der Waals surface area contributed by atoms with E-state index in [-0.39, 0.29) is 12.3 Å². The van der Waals surface area contributed by atoms with Gasteiger partial charge in [-0.2, -0.15) is 0 Å². The van der Waals surface area contributed by atoms with Crippen LogP contribution in [0.2, 0.25) is 5.02 Å². The van der Waals surface area contributed by atoms with Gasteiger partial charge in [-0.1, -0.05) is 36.0 Å². The number of likely N-dealkylation sites (tertiary alicyclic amines) is 1. The number of rotatable bonds is 9. The molecule has 192 valence electrons. The molecule has 1 N–H and O–H groups in total. The number of aromatic nitrogens is 1. The molecule has 2 saturated heterocycles. The summed E-state index contributed by atoms with van der Waals surface area (Å²) in [5, 5.41) is 4.83. The molecule has 2 fully saturated rings. The third-order valence-corrected chi connectivity index (χ3v) is 8.86. The van der Waals surface area contributed by atoms with E-state index in [0.29, 0.717) is 11.6 Å². The van der Waals surface area contributed by atoms with Crippen molar-refractivity contribution >= 4 is 51.3 Å². The number of amides is 1. The molecule has 0 spiro atoms. The Kier molecular flexibility index (Phi) is 8.72. The van der Waals surface area contributed by atoms with Crippen molar-refractivity contribution in [2.24, 2.45) is 0 Å². The Balaban J connectivity index is 1.35. The molecule has 0 radical (unpaired) electrons. The third kappa shape index (κ3) is 6.54. The minimum absolute atomic E-state index is 0.0229. The van der Waals surface area contributed by atoms with Crippen LogP contribution < -0.4 is 5.32 Å². The SMILES string of the molecule is O=C(Cc1cn(CCN2CCCC2)c2sc(CN3CCOCC3)cc2c1=S)NCc1ccc(Cl)cc1. The Morgan fingerprint density at radius 2 is 1.81 bits per heavy atom. The van der Waals surface area contributed by atoms with Crippen LogP contribution in [0.25, 0.3) is 10.2 Å². The Bertz CT molecular complexity index is 1250. The fraction of sp³-hybridized carbons (Fsp3) is 0.481. The predicted octanol–water partition coefficient (Wildman–Crippen LogP) is 4.87. The molecule has 2 aliphatic rings. The number of carbonyl (C=O) groups is 1. The first-order chi connectivity index (χ1) is 17.5. The minimum atomic E-state index is -0.0229. The highest BCUT2D eigenvalue weighted by Crippen LogP contribution is 2.30. The summed E-state index contributed by atoms with van der Waals surface area (Å²) < 4.78 is 8.65. The molecule has 1 aromatic carbocycles. The third-order valence-electron chi connectivity index (χ3n) is 6.97. The van der Waals surface area contributed by atoms with Gasteiger partial charge in [0.1, 0.15) is 4.83 Å². The quantitative estimate of drug-likeness (QED) is 0.389. The first-order valence-electron chi connectivity index (χ1n) is 12.7. The van der Waals surface area contributed by atoms with Crippen molar-refractivity contribution in [2.45, 2.75) is 38.9 Å². The molecule has 9 heteroatoms. The largest absolute Gasteiger partial charge is 0.379 e. The highest BCUT2D eigenvalue weighted by molar-refractivity contribution is 7.71. The number of fused-ring (bicyclic) bond motifs is 1. The van der Waals surface area contributed by atoms with Gasteiger partial charge in [-0.15, -0.1) is 11.3 Å². The van der Waals surface area contributed by atoms with Crippen LogP contribution in [0.3, 0.4) is 0 Å². The van der Waals surface area contributed by atoms with Gasteiger partial charge >= 0.3 is 0 Å². The number of ether oxygens (including phenoxy) is 1. The molecule has 36 heavy (non-hydrogen) atoms. The Labute approximate surface area is 226 Å². The highest BCUT2D eigenvalue weighted by Gasteiger charge is 2.18. The summed E-state index contributed by atoms with van der Waals surface area (Å²) >= 11 is 13.7. The number of benzene rings is 1. The summed E-state index contributed by atoms with van der Waals surface area (Å²) in [6.45, 7) is 9.18. The highest BCUT2D eigenvalue weighted by atomic mass is 35.5. The molecule has 0 atom stereocenters. The van der Waals surface area contributed by atoms with E-state index in [4.69, 9.17) is 28.6 Å². The smallest absolute Gasteiger partial charge is 0.224 e. The van der Waals surface area contributed by atoms with Gasteiger partial charge in [-0.05, 0) is 55.3 Å². The van der Waals surface area contributed by atoms with Gasteiger partial charge in [0.15, 0.2) is 0 Å². The van der Waals surface area contributed by atoms with Gasteiger partial charge in [-0.25, -0.2) is 0 Å². The molecule has 4 heterocycles. The number of morpholine rings is 1. The molecule has 1 amide bonds. The molecule has 0 saturated carbocycles. The van der Waals surface area contributed by atoms with Crippen molar-refractivity contribution in [2.75, 3.05) is 45.9 Å². The molecular weight excluding hydrogens is 512 g/mol. The number of hydrogen-bond acceptors (Lipinski definition) is 6. The second kappa shape index (κ2) is 12.2. The van der Waals surface area contributed by atoms with Crippen LogP contribution in [0.5, 0.6) is 0 Å². The zero-order valence-corrected chi connectivity index (χ0v) is 22.9. The summed E-state index contributed by atoms with van der Waals surface area (Å²) in [6, 6.07) is 9.79. The van der Waals surface area contributed by atoms with E-state index in [1.165, 1.54) is 35.6 Å². The van der Waals surface area contributed by atoms with Crippen molar-refractivity contribution in [3.63, 3.8) is 0 Å². The topological polar surface area (TPSA) is 49.7 Å². The number of thiophene rings is 1. The molecule has 2 aliphatic heterocycles. The molecule has 0 bridgehead atoms. The van der Waals surface area contributed by atoms with Crippen molar-refractivity contribution in [3.8, 4) is 0 Å². The van der Waals surface area contributed by atoms with Gasteiger partial charge in [0.05, 0.1) is 24.1 Å². The van der Waals surface area contributed by atoms with E-state index in [0.717, 1.165) is 67.0 Å². The Hall–Kier alpha value is -1.81. The van der Waals surface area contributed by atoms with Crippen LogP contribution in [-0.2, 0) is 35.6 Å². The second-order valence-corrected chi connectivity index (χ2v) is 11.6. The minimum Gasteiger partial charge on any atom is -0.379 e. The summed E-state index contributed by atoms with van der Waals surface area (Å²) in [5.74, 6) is -0.0229. The maximum Gasteiger partial charge on any atom is 0.224 e. The lowest BCUT2D eigenvalue weighted by atomic mass is 10.1. The van der Waals surface area contributed by atoms with Crippen molar-refractivity contribution in [1.82, 2.24) is 19.7 Å². The maximum atomic E-state index is 12.9. The molecule has 6 nitrogen and oxygen atoms in total. The van der Waals surface area contributed by atoms with Crippen molar-refractivity contribution < 1.29 is 9.53 Å². The molecule has 5 rings (SSSR count). The van der Waals surface area contributed by atoms with Gasteiger partial charge < -0.3 is 19.5 Å². The molecule has 3 aromatic rings. The second-order valence-electron chi connectivity index (χ2n) is 9.63. The maximum absolute atomic E-state index is 12.9. The summed E-state index contributed by atoms with van der Waals surface area (Å²) in [6.07, 6.45) is 4.97. The lowest BCUT2D eigenvalue weighted by molar-refractivity contribution is -0.120. The van der Waals surface area contributed by atoms with E-state index >= 15 is 0 Å².